The molecule has 2 N–H and O–H groups in total. The molecular weight excluding hydrogens is 314 g/mol. The van der Waals surface area contributed by atoms with E-state index in [2.05, 4.69) is 47.7 Å². The zero-order valence-electron chi connectivity index (χ0n) is 15.5. The molecule has 5 heteroatoms. The summed E-state index contributed by atoms with van der Waals surface area (Å²) in [5, 5.41) is 6.32. The second-order valence-electron chi connectivity index (χ2n) is 7.41. The fraction of sp³-hybridized carbons (Fsp3) is 0.650. The first kappa shape index (κ1) is 18.4. The third kappa shape index (κ3) is 5.27. The van der Waals surface area contributed by atoms with Crippen LogP contribution in [-0.2, 0) is 22.4 Å². The minimum absolute atomic E-state index is 0.0365. The smallest absolute Gasteiger partial charge is 0.234 e. The van der Waals surface area contributed by atoms with Crippen LogP contribution in [0.4, 0.5) is 0 Å². The summed E-state index contributed by atoms with van der Waals surface area (Å²) in [6, 6.07) is 6.72. The Morgan fingerprint density at radius 1 is 1.32 bits per heavy atom. The third-order valence-electron chi connectivity index (χ3n) is 5.25. The molecule has 0 radical (unpaired) electrons. The Morgan fingerprint density at radius 2 is 2.12 bits per heavy atom. The van der Waals surface area contributed by atoms with Crippen LogP contribution in [0.1, 0.15) is 42.5 Å². The number of aryl methyl sites for hydroxylation is 2. The van der Waals surface area contributed by atoms with Crippen LogP contribution < -0.4 is 10.6 Å². The molecule has 1 aliphatic carbocycles. The van der Waals surface area contributed by atoms with E-state index in [9.17, 15) is 4.79 Å². The number of ether oxygens (including phenoxy) is 1. The average molecular weight is 345 g/mol. The Balaban J connectivity index is 1.43. The van der Waals surface area contributed by atoms with Gasteiger partial charge in [0.15, 0.2) is 0 Å². The molecule has 0 aromatic heterocycles. The molecule has 1 saturated heterocycles. The molecule has 0 spiro atoms. The van der Waals surface area contributed by atoms with E-state index in [1.54, 1.807) is 0 Å². The lowest BCUT2D eigenvalue weighted by Crippen LogP contribution is -2.46. The van der Waals surface area contributed by atoms with Crippen molar-refractivity contribution >= 4 is 5.91 Å². The van der Waals surface area contributed by atoms with Gasteiger partial charge in [-0.2, -0.15) is 0 Å². The van der Waals surface area contributed by atoms with Gasteiger partial charge in [0, 0.05) is 19.6 Å². The fourth-order valence-electron chi connectivity index (χ4n) is 3.74. The van der Waals surface area contributed by atoms with Crippen LogP contribution in [0.15, 0.2) is 18.2 Å². The largest absolute Gasteiger partial charge is 0.374 e. The van der Waals surface area contributed by atoms with Gasteiger partial charge in [0.05, 0.1) is 25.3 Å². The zero-order chi connectivity index (χ0) is 17.6. The predicted molar refractivity (Wildman–Crippen MR) is 99.7 cm³/mol. The number of likely N-dealkylation sites (N-methyl/N-ethyl adjacent to an activating group) is 1. The maximum atomic E-state index is 12.2. The third-order valence-corrected chi connectivity index (χ3v) is 5.25. The Morgan fingerprint density at radius 3 is 2.92 bits per heavy atom. The van der Waals surface area contributed by atoms with Gasteiger partial charge in [-0.15, -0.1) is 0 Å². The van der Waals surface area contributed by atoms with Crippen molar-refractivity contribution in [1.82, 2.24) is 15.5 Å². The number of benzene rings is 1. The summed E-state index contributed by atoms with van der Waals surface area (Å²) in [7, 11) is 2.10. The zero-order valence-corrected chi connectivity index (χ0v) is 15.5. The van der Waals surface area contributed by atoms with Crippen LogP contribution in [0.5, 0.6) is 0 Å². The Labute approximate surface area is 151 Å². The van der Waals surface area contributed by atoms with Crippen LogP contribution in [0.25, 0.3) is 0 Å². The van der Waals surface area contributed by atoms with Crippen molar-refractivity contribution in [2.75, 3.05) is 39.8 Å². The molecular formula is C20H31N3O2. The van der Waals surface area contributed by atoms with Gasteiger partial charge in [-0.05, 0) is 56.3 Å². The number of carbonyl (C=O) groups is 1. The van der Waals surface area contributed by atoms with E-state index in [-0.39, 0.29) is 18.1 Å². The summed E-state index contributed by atoms with van der Waals surface area (Å²) < 4.78 is 5.70. The van der Waals surface area contributed by atoms with Crippen LogP contribution in [0.2, 0.25) is 0 Å². The fourth-order valence-corrected chi connectivity index (χ4v) is 3.74. The maximum Gasteiger partial charge on any atom is 0.234 e. The van der Waals surface area contributed by atoms with Gasteiger partial charge in [-0.3, -0.25) is 4.79 Å². The highest BCUT2D eigenvalue weighted by Crippen LogP contribution is 2.24. The molecule has 2 aliphatic rings. The maximum absolute atomic E-state index is 12.2. The SMILES string of the molecule is CC(NC(=O)CNCC1CN(C)CCO1)c1ccc2c(c1)CCCC2. The highest BCUT2D eigenvalue weighted by Gasteiger charge is 2.18. The predicted octanol–water partition coefficient (Wildman–Crippen LogP) is 1.66. The first-order valence-electron chi connectivity index (χ1n) is 9.54. The topological polar surface area (TPSA) is 53.6 Å². The summed E-state index contributed by atoms with van der Waals surface area (Å²) in [5.74, 6) is 0.0365. The quantitative estimate of drug-likeness (QED) is 0.823. The Hall–Kier alpha value is -1.43. The second kappa shape index (κ2) is 8.79. The van der Waals surface area contributed by atoms with E-state index in [0.717, 1.165) is 19.7 Å². The van der Waals surface area contributed by atoms with Gasteiger partial charge in [0.2, 0.25) is 5.91 Å². The molecule has 2 atom stereocenters. The van der Waals surface area contributed by atoms with Crippen molar-refractivity contribution < 1.29 is 9.53 Å². The van der Waals surface area contributed by atoms with Gasteiger partial charge in [0.25, 0.3) is 0 Å². The van der Waals surface area contributed by atoms with E-state index in [1.807, 2.05) is 0 Å². The van der Waals surface area contributed by atoms with E-state index < -0.39 is 0 Å². The number of morpholine rings is 1. The minimum Gasteiger partial charge on any atom is -0.374 e. The molecule has 1 aromatic rings. The Kier molecular flexibility index (Phi) is 6.45. The number of carbonyl (C=O) groups excluding carboxylic acids is 1. The lowest BCUT2D eigenvalue weighted by Gasteiger charge is -2.30. The molecule has 1 aliphatic heterocycles. The van der Waals surface area contributed by atoms with Crippen molar-refractivity contribution in [3.05, 3.63) is 34.9 Å². The second-order valence-corrected chi connectivity index (χ2v) is 7.41. The van der Waals surface area contributed by atoms with E-state index >= 15 is 0 Å². The molecule has 1 aromatic carbocycles. The lowest BCUT2D eigenvalue weighted by atomic mass is 9.89. The lowest BCUT2D eigenvalue weighted by molar-refractivity contribution is -0.121. The van der Waals surface area contributed by atoms with Gasteiger partial charge in [-0.25, -0.2) is 0 Å². The molecule has 0 saturated carbocycles. The first-order valence-corrected chi connectivity index (χ1v) is 9.54. The molecule has 1 amide bonds. The van der Waals surface area contributed by atoms with Crippen LogP contribution in [-0.4, -0.2) is 56.7 Å². The van der Waals surface area contributed by atoms with Gasteiger partial charge >= 0.3 is 0 Å². The highest BCUT2D eigenvalue weighted by atomic mass is 16.5. The van der Waals surface area contributed by atoms with Crippen LogP contribution in [0, 0.1) is 0 Å². The van der Waals surface area contributed by atoms with Crippen molar-refractivity contribution in [2.24, 2.45) is 0 Å². The number of rotatable bonds is 6. The van der Waals surface area contributed by atoms with Crippen LogP contribution in [0.3, 0.4) is 0 Å². The Bertz CT molecular complexity index is 590. The molecule has 1 heterocycles. The summed E-state index contributed by atoms with van der Waals surface area (Å²) in [5.41, 5.74) is 4.14. The van der Waals surface area contributed by atoms with E-state index in [1.165, 1.54) is 42.4 Å². The molecule has 0 bridgehead atoms. The number of hydrogen-bond donors (Lipinski definition) is 2. The van der Waals surface area contributed by atoms with Crippen molar-refractivity contribution in [3.63, 3.8) is 0 Å². The van der Waals surface area contributed by atoms with Crippen molar-refractivity contribution in [3.8, 4) is 0 Å². The van der Waals surface area contributed by atoms with Gasteiger partial charge < -0.3 is 20.3 Å². The molecule has 3 rings (SSSR count). The highest BCUT2D eigenvalue weighted by molar-refractivity contribution is 5.78. The summed E-state index contributed by atoms with van der Waals surface area (Å²) in [6.45, 7) is 5.77. The average Bonchev–Trinajstić information content (AvgIpc) is 2.61. The molecule has 5 nitrogen and oxygen atoms in total. The summed E-state index contributed by atoms with van der Waals surface area (Å²) in [6.07, 6.45) is 5.11. The number of fused-ring (bicyclic) bond motifs is 1. The van der Waals surface area contributed by atoms with E-state index in [0.29, 0.717) is 13.1 Å². The minimum atomic E-state index is 0.0365. The van der Waals surface area contributed by atoms with E-state index in [4.69, 9.17) is 4.74 Å². The molecule has 25 heavy (non-hydrogen) atoms. The molecule has 138 valence electrons. The normalized spacial score (nSPS) is 22.2. The number of amides is 1. The van der Waals surface area contributed by atoms with Gasteiger partial charge in [0.1, 0.15) is 0 Å². The van der Waals surface area contributed by atoms with Crippen LogP contribution >= 0.6 is 0 Å². The number of nitrogens with zero attached hydrogens (tertiary/aromatic N) is 1. The number of hydrogen-bond acceptors (Lipinski definition) is 4. The summed E-state index contributed by atoms with van der Waals surface area (Å²) >= 11 is 0. The van der Waals surface area contributed by atoms with Gasteiger partial charge in [-0.1, -0.05) is 18.2 Å². The first-order chi connectivity index (χ1) is 12.1. The van der Waals surface area contributed by atoms with Crippen molar-refractivity contribution in [1.29, 1.82) is 0 Å². The number of nitrogens with one attached hydrogen (secondary N) is 2. The van der Waals surface area contributed by atoms with Crippen molar-refractivity contribution in [2.45, 2.75) is 44.8 Å². The monoisotopic (exact) mass is 345 g/mol. The standard InChI is InChI=1S/C20H31N3O2/c1-15(17-8-7-16-5-3-4-6-18(16)11-17)22-20(24)13-21-12-19-14-23(2)9-10-25-19/h7-8,11,15,19,21H,3-6,9-10,12-14H2,1-2H3,(H,22,24). The molecule has 2 unspecified atom stereocenters. The molecule has 1 fully saturated rings. The summed E-state index contributed by atoms with van der Waals surface area (Å²) in [4.78, 5) is 14.5.